The normalized spacial score (nSPS) is 10.3. The average Bonchev–Trinajstić information content (AvgIpc) is 2.33. The lowest BCUT2D eigenvalue weighted by Gasteiger charge is -2.08. The van der Waals surface area contributed by atoms with Gasteiger partial charge in [0.1, 0.15) is 5.69 Å². The highest BCUT2D eigenvalue weighted by Crippen LogP contribution is 2.28. The molecule has 0 spiro atoms. The molecule has 82 valence electrons. The van der Waals surface area contributed by atoms with E-state index < -0.39 is 0 Å². The number of nitrogen functional groups attached to an aromatic ring is 2. The van der Waals surface area contributed by atoms with Crippen LogP contribution in [0.3, 0.4) is 0 Å². The maximum absolute atomic E-state index is 5.88. The van der Waals surface area contributed by atoms with Crippen molar-refractivity contribution in [2.24, 2.45) is 0 Å². The molecule has 0 aliphatic carbocycles. The quantitative estimate of drug-likeness (QED) is 0.612. The van der Waals surface area contributed by atoms with E-state index >= 15 is 0 Å². The van der Waals surface area contributed by atoms with Gasteiger partial charge in [0.25, 0.3) is 0 Å². The molecule has 4 nitrogen and oxygen atoms in total. The number of nitrogens with two attached hydrogens (primary N) is 2. The summed E-state index contributed by atoms with van der Waals surface area (Å²) in [6.45, 7) is 0. The average molecular weight is 232 g/mol. The zero-order chi connectivity index (χ0) is 11.5. The van der Waals surface area contributed by atoms with Crippen molar-refractivity contribution in [2.75, 3.05) is 17.7 Å². The van der Waals surface area contributed by atoms with Gasteiger partial charge < -0.3 is 11.5 Å². The molecule has 2 aromatic rings. The molecule has 16 heavy (non-hydrogen) atoms. The third-order valence-corrected chi connectivity index (χ3v) is 2.73. The second-order valence-electron chi connectivity index (χ2n) is 3.22. The fourth-order valence-electron chi connectivity index (χ4n) is 1.37. The number of hydrogen-bond acceptors (Lipinski definition) is 5. The minimum absolute atomic E-state index is 0.332. The van der Waals surface area contributed by atoms with Gasteiger partial charge in [-0.05, 0) is 6.26 Å². The Hall–Kier alpha value is -1.75. The van der Waals surface area contributed by atoms with Gasteiger partial charge in [-0.3, -0.25) is 0 Å². The molecule has 0 radical (unpaired) electrons. The summed E-state index contributed by atoms with van der Waals surface area (Å²) in [5, 5.41) is 0.630. The van der Waals surface area contributed by atoms with E-state index in [1.165, 1.54) is 11.8 Å². The highest BCUT2D eigenvalue weighted by atomic mass is 32.2. The largest absolute Gasteiger partial charge is 0.394 e. The number of aromatic nitrogens is 2. The summed E-state index contributed by atoms with van der Waals surface area (Å²) in [7, 11) is 0. The van der Waals surface area contributed by atoms with Crippen LogP contribution in [0.4, 0.5) is 11.5 Å². The highest BCUT2D eigenvalue weighted by Gasteiger charge is 2.10. The lowest BCUT2D eigenvalue weighted by Crippen LogP contribution is -2.04. The maximum atomic E-state index is 5.88. The number of rotatable bonds is 2. The lowest BCUT2D eigenvalue weighted by molar-refractivity contribution is 0.989. The minimum Gasteiger partial charge on any atom is -0.394 e. The van der Waals surface area contributed by atoms with Gasteiger partial charge in [-0.15, -0.1) is 0 Å². The molecule has 1 aromatic heterocycles. The van der Waals surface area contributed by atoms with Gasteiger partial charge in [-0.25, -0.2) is 9.97 Å². The van der Waals surface area contributed by atoms with Crippen molar-refractivity contribution in [3.05, 3.63) is 30.3 Å². The summed E-state index contributed by atoms with van der Waals surface area (Å²) >= 11 is 1.44. The molecule has 0 atom stereocenters. The summed E-state index contributed by atoms with van der Waals surface area (Å²) in [6.07, 6.45) is 1.90. The third-order valence-electron chi connectivity index (χ3n) is 2.18. The monoisotopic (exact) mass is 232 g/mol. The first-order valence-electron chi connectivity index (χ1n) is 4.74. The highest BCUT2D eigenvalue weighted by molar-refractivity contribution is 7.98. The van der Waals surface area contributed by atoms with Gasteiger partial charge in [0, 0.05) is 5.56 Å². The molecule has 0 fully saturated rings. The summed E-state index contributed by atoms with van der Waals surface area (Å²) in [5.41, 5.74) is 13.7. The van der Waals surface area contributed by atoms with E-state index in [1.807, 2.05) is 36.6 Å². The van der Waals surface area contributed by atoms with Crippen LogP contribution in [-0.4, -0.2) is 16.2 Å². The van der Waals surface area contributed by atoms with Crippen molar-refractivity contribution in [1.82, 2.24) is 9.97 Å². The van der Waals surface area contributed by atoms with E-state index in [-0.39, 0.29) is 0 Å². The van der Waals surface area contributed by atoms with Crippen molar-refractivity contribution in [2.45, 2.75) is 5.16 Å². The van der Waals surface area contributed by atoms with Crippen LogP contribution in [0.5, 0.6) is 0 Å². The molecule has 2 rings (SSSR count). The Morgan fingerprint density at radius 1 is 1.06 bits per heavy atom. The SMILES string of the molecule is CSc1nc(N)c(N)c(-c2ccccc2)n1. The molecule has 1 heterocycles. The van der Waals surface area contributed by atoms with Gasteiger partial charge in [-0.2, -0.15) is 0 Å². The number of thioether (sulfide) groups is 1. The Bertz CT molecular complexity index is 499. The van der Waals surface area contributed by atoms with Crippen LogP contribution >= 0.6 is 11.8 Å². The van der Waals surface area contributed by atoms with Crippen LogP contribution in [0.15, 0.2) is 35.5 Å². The predicted molar refractivity (Wildman–Crippen MR) is 68.1 cm³/mol. The van der Waals surface area contributed by atoms with Gasteiger partial charge in [0.2, 0.25) is 0 Å². The van der Waals surface area contributed by atoms with Gasteiger partial charge >= 0.3 is 0 Å². The van der Waals surface area contributed by atoms with Gasteiger partial charge in [0.15, 0.2) is 11.0 Å². The molecule has 0 bridgehead atoms. The van der Waals surface area contributed by atoms with Crippen LogP contribution in [-0.2, 0) is 0 Å². The summed E-state index contributed by atoms with van der Waals surface area (Å²) in [4.78, 5) is 8.45. The lowest BCUT2D eigenvalue weighted by atomic mass is 10.1. The third kappa shape index (κ3) is 1.94. The fraction of sp³-hybridized carbons (Fsp3) is 0.0909. The van der Waals surface area contributed by atoms with E-state index in [0.29, 0.717) is 22.4 Å². The van der Waals surface area contributed by atoms with Crippen molar-refractivity contribution in [3.63, 3.8) is 0 Å². The van der Waals surface area contributed by atoms with Crippen molar-refractivity contribution >= 4 is 23.3 Å². The first-order chi connectivity index (χ1) is 7.72. The van der Waals surface area contributed by atoms with E-state index in [1.54, 1.807) is 0 Å². The standard InChI is InChI=1S/C11H12N4S/c1-16-11-14-9(8(12)10(13)15-11)7-5-3-2-4-6-7/h2-6H,12H2,1H3,(H2,13,14,15). The van der Waals surface area contributed by atoms with Crippen LogP contribution in [0.1, 0.15) is 0 Å². The molecular weight excluding hydrogens is 220 g/mol. The zero-order valence-electron chi connectivity index (χ0n) is 8.84. The molecule has 0 aliphatic rings. The molecule has 0 aliphatic heterocycles. The van der Waals surface area contributed by atoms with E-state index in [4.69, 9.17) is 11.5 Å². The van der Waals surface area contributed by atoms with Crippen LogP contribution in [0.25, 0.3) is 11.3 Å². The van der Waals surface area contributed by atoms with Crippen molar-refractivity contribution < 1.29 is 0 Å². The molecule has 0 unspecified atom stereocenters. The second-order valence-corrected chi connectivity index (χ2v) is 4.00. The number of benzene rings is 1. The Kier molecular flexibility index (Phi) is 2.96. The fourth-order valence-corrected chi connectivity index (χ4v) is 1.75. The second kappa shape index (κ2) is 4.40. The van der Waals surface area contributed by atoms with E-state index in [9.17, 15) is 0 Å². The van der Waals surface area contributed by atoms with Gasteiger partial charge in [-0.1, -0.05) is 42.1 Å². The Morgan fingerprint density at radius 2 is 1.75 bits per heavy atom. The van der Waals surface area contributed by atoms with Crippen LogP contribution < -0.4 is 11.5 Å². The molecular formula is C11H12N4S. The van der Waals surface area contributed by atoms with Crippen LogP contribution in [0, 0.1) is 0 Å². The Balaban J connectivity index is 2.60. The summed E-state index contributed by atoms with van der Waals surface area (Å²) in [6, 6.07) is 9.71. The zero-order valence-corrected chi connectivity index (χ0v) is 9.66. The first-order valence-corrected chi connectivity index (χ1v) is 5.97. The number of anilines is 2. The van der Waals surface area contributed by atoms with E-state index in [0.717, 1.165) is 5.56 Å². The minimum atomic E-state index is 0.332. The molecule has 1 aromatic carbocycles. The summed E-state index contributed by atoms with van der Waals surface area (Å²) < 4.78 is 0. The molecule has 4 N–H and O–H groups in total. The molecule has 0 amide bonds. The maximum Gasteiger partial charge on any atom is 0.189 e. The predicted octanol–water partition coefficient (Wildman–Crippen LogP) is 2.03. The van der Waals surface area contributed by atoms with E-state index in [2.05, 4.69) is 9.97 Å². The Labute approximate surface area is 98.1 Å². The molecule has 5 heteroatoms. The first kappa shape index (κ1) is 10.8. The molecule has 0 saturated carbocycles. The Morgan fingerprint density at radius 3 is 2.38 bits per heavy atom. The summed E-state index contributed by atoms with van der Waals surface area (Å²) in [5.74, 6) is 0.332. The van der Waals surface area contributed by atoms with Crippen molar-refractivity contribution in [1.29, 1.82) is 0 Å². The number of nitrogens with zero attached hydrogens (tertiary/aromatic N) is 2. The van der Waals surface area contributed by atoms with Gasteiger partial charge in [0.05, 0.1) is 5.69 Å². The van der Waals surface area contributed by atoms with Crippen molar-refractivity contribution in [3.8, 4) is 11.3 Å². The van der Waals surface area contributed by atoms with Crippen LogP contribution in [0.2, 0.25) is 0 Å². The smallest absolute Gasteiger partial charge is 0.189 e. The topological polar surface area (TPSA) is 77.8 Å². The number of hydrogen-bond donors (Lipinski definition) is 2. The molecule has 0 saturated heterocycles.